The van der Waals surface area contributed by atoms with Crippen LogP contribution < -0.4 is 10.6 Å². The summed E-state index contributed by atoms with van der Waals surface area (Å²) in [5, 5.41) is 7.05. The van der Waals surface area contributed by atoms with E-state index in [4.69, 9.17) is 4.98 Å². The number of nitrogens with one attached hydrogen (secondary N) is 2. The quantitative estimate of drug-likeness (QED) is 0.799. The first-order chi connectivity index (χ1) is 11.7. The SMILES string of the molecule is CCc1cccc(C)c1Nc1nc(C)cc(NC2CCCCC2)n1. The summed E-state index contributed by atoms with van der Waals surface area (Å²) >= 11 is 0. The van der Waals surface area contributed by atoms with Crippen molar-refractivity contribution in [2.24, 2.45) is 0 Å². The van der Waals surface area contributed by atoms with Crippen LogP contribution in [0.3, 0.4) is 0 Å². The third-order valence-corrected chi connectivity index (χ3v) is 4.79. The third-order valence-electron chi connectivity index (χ3n) is 4.79. The molecule has 2 N–H and O–H groups in total. The number of anilines is 3. The third kappa shape index (κ3) is 4.05. The van der Waals surface area contributed by atoms with E-state index in [0.29, 0.717) is 12.0 Å². The van der Waals surface area contributed by atoms with E-state index >= 15 is 0 Å². The van der Waals surface area contributed by atoms with Crippen molar-refractivity contribution in [1.82, 2.24) is 9.97 Å². The number of aryl methyl sites for hydroxylation is 3. The van der Waals surface area contributed by atoms with E-state index in [2.05, 4.69) is 47.7 Å². The Kier molecular flexibility index (Phi) is 5.34. The number of rotatable bonds is 5. The number of nitrogens with zero attached hydrogens (tertiary/aromatic N) is 2. The summed E-state index contributed by atoms with van der Waals surface area (Å²) < 4.78 is 0. The molecule has 0 radical (unpaired) electrons. The topological polar surface area (TPSA) is 49.8 Å². The van der Waals surface area contributed by atoms with E-state index in [1.807, 2.05) is 13.0 Å². The molecule has 1 saturated carbocycles. The van der Waals surface area contributed by atoms with Gasteiger partial charge in [0, 0.05) is 23.5 Å². The second-order valence-corrected chi connectivity index (χ2v) is 6.79. The fourth-order valence-corrected chi connectivity index (χ4v) is 3.47. The molecule has 1 aliphatic rings. The second-order valence-electron chi connectivity index (χ2n) is 6.79. The fourth-order valence-electron chi connectivity index (χ4n) is 3.47. The van der Waals surface area contributed by atoms with Crippen LogP contribution in [0.2, 0.25) is 0 Å². The molecule has 0 saturated heterocycles. The first kappa shape index (κ1) is 16.7. The summed E-state index contributed by atoms with van der Waals surface area (Å²) in [7, 11) is 0. The van der Waals surface area contributed by atoms with Crippen molar-refractivity contribution in [3.8, 4) is 0 Å². The van der Waals surface area contributed by atoms with Gasteiger partial charge in [-0.2, -0.15) is 4.98 Å². The molecule has 0 amide bonds. The van der Waals surface area contributed by atoms with Gasteiger partial charge in [0.2, 0.25) is 5.95 Å². The maximum Gasteiger partial charge on any atom is 0.229 e. The molecular formula is C20H28N4. The van der Waals surface area contributed by atoms with Crippen LogP contribution in [0.1, 0.15) is 55.8 Å². The van der Waals surface area contributed by atoms with Crippen LogP contribution in [0.25, 0.3) is 0 Å². The predicted octanol–water partition coefficient (Wildman–Crippen LogP) is 5.14. The Hall–Kier alpha value is -2.10. The molecule has 3 rings (SSSR count). The monoisotopic (exact) mass is 324 g/mol. The van der Waals surface area contributed by atoms with E-state index in [1.165, 1.54) is 43.2 Å². The van der Waals surface area contributed by atoms with Gasteiger partial charge in [0.1, 0.15) is 5.82 Å². The minimum atomic E-state index is 0.547. The number of hydrogen-bond donors (Lipinski definition) is 2. The van der Waals surface area contributed by atoms with Gasteiger partial charge in [0.25, 0.3) is 0 Å². The minimum absolute atomic E-state index is 0.547. The molecule has 0 atom stereocenters. The fraction of sp³-hybridized carbons (Fsp3) is 0.500. The molecule has 1 heterocycles. The maximum absolute atomic E-state index is 4.71. The van der Waals surface area contributed by atoms with Gasteiger partial charge in [-0.25, -0.2) is 4.98 Å². The lowest BCUT2D eigenvalue weighted by molar-refractivity contribution is 0.462. The molecule has 0 bridgehead atoms. The summed E-state index contributed by atoms with van der Waals surface area (Å²) in [5.41, 5.74) is 4.63. The van der Waals surface area contributed by atoms with E-state index in [1.54, 1.807) is 0 Å². The highest BCUT2D eigenvalue weighted by molar-refractivity contribution is 5.64. The van der Waals surface area contributed by atoms with E-state index < -0.39 is 0 Å². The lowest BCUT2D eigenvalue weighted by Gasteiger charge is -2.23. The molecule has 1 fully saturated rings. The molecule has 24 heavy (non-hydrogen) atoms. The van der Waals surface area contributed by atoms with Crippen LogP contribution in [0.5, 0.6) is 0 Å². The van der Waals surface area contributed by atoms with Gasteiger partial charge in [-0.15, -0.1) is 0 Å². The molecule has 2 aromatic rings. The van der Waals surface area contributed by atoms with Crippen molar-refractivity contribution in [2.45, 2.75) is 65.3 Å². The number of aromatic nitrogens is 2. The molecule has 4 nitrogen and oxygen atoms in total. The summed E-state index contributed by atoms with van der Waals surface area (Å²) in [6.07, 6.45) is 7.46. The van der Waals surface area contributed by atoms with Crippen molar-refractivity contribution in [3.63, 3.8) is 0 Å². The van der Waals surface area contributed by atoms with Crippen LogP contribution in [0.15, 0.2) is 24.3 Å². The Balaban J connectivity index is 1.81. The number of para-hydroxylation sites is 1. The molecule has 4 heteroatoms. The van der Waals surface area contributed by atoms with E-state index in [-0.39, 0.29) is 0 Å². The average molecular weight is 324 g/mol. The first-order valence-corrected chi connectivity index (χ1v) is 9.13. The van der Waals surface area contributed by atoms with Gasteiger partial charge in [-0.05, 0) is 44.2 Å². The number of benzene rings is 1. The molecule has 1 aromatic heterocycles. The molecular weight excluding hydrogens is 296 g/mol. The Labute approximate surface area is 145 Å². The Bertz CT molecular complexity index is 690. The smallest absolute Gasteiger partial charge is 0.229 e. The highest BCUT2D eigenvalue weighted by Crippen LogP contribution is 2.26. The van der Waals surface area contributed by atoms with Crippen LogP contribution >= 0.6 is 0 Å². The average Bonchev–Trinajstić information content (AvgIpc) is 2.57. The summed E-state index contributed by atoms with van der Waals surface area (Å²) in [5.74, 6) is 1.61. The zero-order valence-corrected chi connectivity index (χ0v) is 15.0. The second kappa shape index (κ2) is 7.65. The standard InChI is InChI=1S/C20H28N4/c1-4-16-10-8-9-14(2)19(16)24-20-21-15(3)13-18(23-20)22-17-11-6-5-7-12-17/h8-10,13,17H,4-7,11-12H2,1-3H3,(H2,21,22,23,24). The van der Waals surface area contributed by atoms with Gasteiger partial charge >= 0.3 is 0 Å². The molecule has 1 aliphatic carbocycles. The molecule has 128 valence electrons. The zero-order valence-electron chi connectivity index (χ0n) is 15.0. The Morgan fingerprint density at radius 1 is 1.08 bits per heavy atom. The largest absolute Gasteiger partial charge is 0.367 e. The van der Waals surface area contributed by atoms with Crippen molar-refractivity contribution in [2.75, 3.05) is 10.6 Å². The summed E-state index contributed by atoms with van der Waals surface area (Å²) in [6.45, 7) is 6.32. The van der Waals surface area contributed by atoms with Crippen molar-refractivity contribution < 1.29 is 0 Å². The van der Waals surface area contributed by atoms with Crippen molar-refractivity contribution in [3.05, 3.63) is 41.1 Å². The zero-order chi connectivity index (χ0) is 16.9. The normalized spacial score (nSPS) is 15.3. The van der Waals surface area contributed by atoms with Crippen LogP contribution in [-0.4, -0.2) is 16.0 Å². The summed E-state index contributed by atoms with van der Waals surface area (Å²) in [4.78, 5) is 9.28. The van der Waals surface area contributed by atoms with Gasteiger partial charge in [-0.1, -0.05) is 44.4 Å². The van der Waals surface area contributed by atoms with Crippen LogP contribution in [0.4, 0.5) is 17.5 Å². The van der Waals surface area contributed by atoms with Gasteiger partial charge in [-0.3, -0.25) is 0 Å². The lowest BCUT2D eigenvalue weighted by Crippen LogP contribution is -2.23. The van der Waals surface area contributed by atoms with Gasteiger partial charge in [0.15, 0.2) is 0 Å². The summed E-state index contributed by atoms with van der Waals surface area (Å²) in [6, 6.07) is 8.97. The van der Waals surface area contributed by atoms with Crippen LogP contribution in [-0.2, 0) is 6.42 Å². The Morgan fingerprint density at radius 3 is 2.62 bits per heavy atom. The Morgan fingerprint density at radius 2 is 1.88 bits per heavy atom. The van der Waals surface area contributed by atoms with Crippen molar-refractivity contribution >= 4 is 17.5 Å². The molecule has 0 spiro atoms. The lowest BCUT2D eigenvalue weighted by atomic mass is 9.95. The number of hydrogen-bond acceptors (Lipinski definition) is 4. The molecule has 0 aliphatic heterocycles. The van der Waals surface area contributed by atoms with Crippen molar-refractivity contribution in [1.29, 1.82) is 0 Å². The van der Waals surface area contributed by atoms with Gasteiger partial charge in [0.05, 0.1) is 0 Å². The maximum atomic E-state index is 4.71. The van der Waals surface area contributed by atoms with E-state index in [9.17, 15) is 0 Å². The predicted molar refractivity (Wildman–Crippen MR) is 101 cm³/mol. The van der Waals surface area contributed by atoms with Crippen LogP contribution in [0, 0.1) is 13.8 Å². The molecule has 1 aromatic carbocycles. The highest BCUT2D eigenvalue weighted by Gasteiger charge is 2.14. The molecule has 0 unspecified atom stereocenters. The minimum Gasteiger partial charge on any atom is -0.367 e. The highest BCUT2D eigenvalue weighted by atomic mass is 15.2. The first-order valence-electron chi connectivity index (χ1n) is 9.13. The van der Waals surface area contributed by atoms with Gasteiger partial charge < -0.3 is 10.6 Å². The van der Waals surface area contributed by atoms with E-state index in [0.717, 1.165) is 23.6 Å².